The molecule has 1 aliphatic carbocycles. The summed E-state index contributed by atoms with van der Waals surface area (Å²) in [6.07, 6.45) is 6.47. The first-order valence-corrected chi connectivity index (χ1v) is 9.09. The van der Waals surface area contributed by atoms with Crippen LogP contribution in [0.4, 0.5) is 0 Å². The normalized spacial score (nSPS) is 26.8. The van der Waals surface area contributed by atoms with Crippen molar-refractivity contribution in [2.24, 2.45) is 5.92 Å². The molecule has 0 unspecified atom stereocenters. The summed E-state index contributed by atoms with van der Waals surface area (Å²) >= 11 is 0. The molecule has 1 aromatic carbocycles. The molecule has 5 heteroatoms. The van der Waals surface area contributed by atoms with Crippen LogP contribution in [0.1, 0.15) is 44.1 Å². The van der Waals surface area contributed by atoms with Crippen molar-refractivity contribution < 1.29 is 8.42 Å². The fourth-order valence-corrected chi connectivity index (χ4v) is 5.69. The van der Waals surface area contributed by atoms with Gasteiger partial charge in [0, 0.05) is 12.6 Å². The van der Waals surface area contributed by atoms with Crippen molar-refractivity contribution in [1.82, 2.24) is 4.31 Å². The Morgan fingerprint density at radius 3 is 2.62 bits per heavy atom. The number of fused-ring (bicyclic) bond motifs is 1. The van der Waals surface area contributed by atoms with Crippen molar-refractivity contribution in [2.45, 2.75) is 49.5 Å². The van der Waals surface area contributed by atoms with E-state index in [1.807, 2.05) is 6.07 Å². The second-order valence-corrected chi connectivity index (χ2v) is 7.84. The van der Waals surface area contributed by atoms with Crippen molar-refractivity contribution in [2.75, 3.05) is 6.54 Å². The molecule has 1 aliphatic heterocycles. The molecule has 2 fully saturated rings. The van der Waals surface area contributed by atoms with Crippen LogP contribution >= 0.6 is 0 Å². The molecule has 1 saturated heterocycles. The van der Waals surface area contributed by atoms with Gasteiger partial charge < -0.3 is 0 Å². The summed E-state index contributed by atoms with van der Waals surface area (Å²) < 4.78 is 27.7. The average molecular weight is 304 g/mol. The maximum absolute atomic E-state index is 13.0. The summed E-state index contributed by atoms with van der Waals surface area (Å²) in [5, 5.41) is 9.18. The van der Waals surface area contributed by atoms with Gasteiger partial charge in [-0.2, -0.15) is 9.57 Å². The number of hydrogen-bond acceptors (Lipinski definition) is 3. The molecule has 1 aromatic rings. The van der Waals surface area contributed by atoms with Gasteiger partial charge in [0.1, 0.15) is 6.07 Å². The molecule has 0 N–H and O–H groups in total. The fourth-order valence-electron chi connectivity index (χ4n) is 3.79. The molecule has 0 bridgehead atoms. The third-order valence-corrected chi connectivity index (χ3v) is 6.77. The molecule has 2 aliphatic rings. The molecule has 4 nitrogen and oxygen atoms in total. The number of piperidine rings is 1. The minimum atomic E-state index is -3.56. The number of sulfonamides is 1. The van der Waals surface area contributed by atoms with Crippen LogP contribution in [0, 0.1) is 17.2 Å². The molecule has 112 valence electrons. The highest BCUT2D eigenvalue weighted by molar-refractivity contribution is 7.89. The Morgan fingerprint density at radius 2 is 1.81 bits per heavy atom. The SMILES string of the molecule is N#Cc1ccccc1S(=O)(=O)N1CCC[C@H]2CCCC[C@H]21. The Morgan fingerprint density at radius 1 is 1.10 bits per heavy atom. The molecule has 0 aromatic heterocycles. The van der Waals surface area contributed by atoms with Crippen molar-refractivity contribution >= 4 is 10.0 Å². The minimum Gasteiger partial charge on any atom is -0.207 e. The lowest BCUT2D eigenvalue weighted by molar-refractivity contribution is 0.129. The van der Waals surface area contributed by atoms with Crippen LogP contribution in [-0.2, 0) is 10.0 Å². The summed E-state index contributed by atoms with van der Waals surface area (Å²) in [6.45, 7) is 0.587. The van der Waals surface area contributed by atoms with Crippen LogP contribution in [0.25, 0.3) is 0 Å². The Bertz CT molecular complexity index is 661. The van der Waals surface area contributed by atoms with E-state index in [1.54, 1.807) is 28.6 Å². The van der Waals surface area contributed by atoms with E-state index >= 15 is 0 Å². The maximum atomic E-state index is 13.0. The Hall–Kier alpha value is -1.38. The van der Waals surface area contributed by atoms with E-state index in [1.165, 1.54) is 6.42 Å². The van der Waals surface area contributed by atoms with Gasteiger partial charge in [0.05, 0.1) is 10.5 Å². The Kier molecular flexibility index (Phi) is 4.01. The zero-order chi connectivity index (χ0) is 14.9. The molecule has 2 atom stereocenters. The van der Waals surface area contributed by atoms with E-state index in [0.29, 0.717) is 12.5 Å². The highest BCUT2D eigenvalue weighted by Gasteiger charge is 2.40. The number of hydrogen-bond donors (Lipinski definition) is 0. The zero-order valence-corrected chi connectivity index (χ0v) is 12.8. The molecule has 3 rings (SSSR count). The quantitative estimate of drug-likeness (QED) is 0.844. The molecular formula is C16H20N2O2S. The molecule has 1 heterocycles. The van der Waals surface area contributed by atoms with Crippen molar-refractivity contribution in [1.29, 1.82) is 5.26 Å². The van der Waals surface area contributed by atoms with Gasteiger partial charge in [0.25, 0.3) is 0 Å². The lowest BCUT2D eigenvalue weighted by Gasteiger charge is -2.43. The standard InChI is InChI=1S/C16H20N2O2S/c17-12-14-7-2-4-10-16(14)21(19,20)18-11-5-8-13-6-1-3-9-15(13)18/h2,4,7,10,13,15H,1,3,5-6,8-9,11H2/t13-,15-/m1/s1. The molecule has 1 saturated carbocycles. The number of rotatable bonds is 2. The summed E-state index contributed by atoms with van der Waals surface area (Å²) in [4.78, 5) is 0.165. The second-order valence-electron chi connectivity index (χ2n) is 5.98. The number of benzene rings is 1. The van der Waals surface area contributed by atoms with Gasteiger partial charge in [-0.15, -0.1) is 0 Å². The highest BCUT2D eigenvalue weighted by Crippen LogP contribution is 2.38. The third-order valence-electron chi connectivity index (χ3n) is 4.79. The van der Waals surface area contributed by atoms with E-state index < -0.39 is 10.0 Å². The molecule has 0 radical (unpaired) electrons. The average Bonchev–Trinajstić information content (AvgIpc) is 2.54. The van der Waals surface area contributed by atoms with Gasteiger partial charge >= 0.3 is 0 Å². The van der Waals surface area contributed by atoms with E-state index in [2.05, 4.69) is 0 Å². The van der Waals surface area contributed by atoms with Crippen LogP contribution in [0.5, 0.6) is 0 Å². The second kappa shape index (κ2) is 5.78. The van der Waals surface area contributed by atoms with Crippen LogP contribution in [-0.4, -0.2) is 25.3 Å². The van der Waals surface area contributed by atoms with Gasteiger partial charge in [-0.05, 0) is 43.7 Å². The number of nitrogens with zero attached hydrogens (tertiary/aromatic N) is 2. The largest absolute Gasteiger partial charge is 0.244 e. The van der Waals surface area contributed by atoms with E-state index in [0.717, 1.165) is 32.1 Å². The van der Waals surface area contributed by atoms with Crippen LogP contribution in [0.3, 0.4) is 0 Å². The lowest BCUT2D eigenvalue weighted by Crippen LogP contribution is -2.49. The monoisotopic (exact) mass is 304 g/mol. The zero-order valence-electron chi connectivity index (χ0n) is 12.0. The van der Waals surface area contributed by atoms with Crippen molar-refractivity contribution in [3.63, 3.8) is 0 Å². The summed E-state index contributed by atoms with van der Waals surface area (Å²) in [5.74, 6) is 0.497. The fraction of sp³-hybridized carbons (Fsp3) is 0.562. The minimum absolute atomic E-state index is 0.129. The molecule has 0 amide bonds. The van der Waals surface area contributed by atoms with E-state index in [4.69, 9.17) is 0 Å². The van der Waals surface area contributed by atoms with Gasteiger partial charge in [-0.25, -0.2) is 8.42 Å². The first-order valence-electron chi connectivity index (χ1n) is 7.65. The van der Waals surface area contributed by atoms with Crippen molar-refractivity contribution in [3.05, 3.63) is 29.8 Å². The predicted octanol–water partition coefficient (Wildman–Crippen LogP) is 2.90. The van der Waals surface area contributed by atoms with Crippen LogP contribution in [0.2, 0.25) is 0 Å². The van der Waals surface area contributed by atoms with Crippen molar-refractivity contribution in [3.8, 4) is 6.07 Å². The van der Waals surface area contributed by atoms with Gasteiger partial charge in [0.15, 0.2) is 0 Å². The van der Waals surface area contributed by atoms with Crippen LogP contribution < -0.4 is 0 Å². The van der Waals surface area contributed by atoms with Crippen LogP contribution in [0.15, 0.2) is 29.2 Å². The molecule has 21 heavy (non-hydrogen) atoms. The van der Waals surface area contributed by atoms with Gasteiger partial charge in [-0.1, -0.05) is 25.0 Å². The maximum Gasteiger partial charge on any atom is 0.244 e. The Balaban J connectivity index is 1.99. The van der Waals surface area contributed by atoms with E-state index in [9.17, 15) is 13.7 Å². The van der Waals surface area contributed by atoms with Gasteiger partial charge in [0.2, 0.25) is 10.0 Å². The Labute approximate surface area is 126 Å². The van der Waals surface area contributed by atoms with Gasteiger partial charge in [-0.3, -0.25) is 0 Å². The summed E-state index contributed by atoms with van der Waals surface area (Å²) in [6, 6.07) is 8.67. The number of nitriles is 1. The molecular weight excluding hydrogens is 284 g/mol. The molecule has 0 spiro atoms. The summed E-state index contributed by atoms with van der Waals surface area (Å²) in [7, 11) is -3.56. The first-order chi connectivity index (χ1) is 10.1. The lowest BCUT2D eigenvalue weighted by atomic mass is 9.79. The highest BCUT2D eigenvalue weighted by atomic mass is 32.2. The topological polar surface area (TPSA) is 61.2 Å². The first kappa shape index (κ1) is 14.6. The third kappa shape index (κ3) is 2.58. The predicted molar refractivity (Wildman–Crippen MR) is 80.0 cm³/mol. The van der Waals surface area contributed by atoms with E-state index in [-0.39, 0.29) is 16.5 Å². The summed E-state index contributed by atoms with van der Waals surface area (Å²) in [5.41, 5.74) is 0.246. The smallest absolute Gasteiger partial charge is 0.207 e.